The number of Topliss-reactive ketones (excluding diaryl/α,β-unsaturated/α-hetero) is 1. The van der Waals surface area contributed by atoms with Gasteiger partial charge in [0.05, 0.1) is 18.2 Å². The van der Waals surface area contributed by atoms with Crippen molar-refractivity contribution in [3.63, 3.8) is 0 Å². The Bertz CT molecular complexity index is 1310. The number of aryl methyl sites for hydroxylation is 1. The van der Waals surface area contributed by atoms with Crippen molar-refractivity contribution in [2.24, 2.45) is 0 Å². The molecule has 1 aliphatic rings. The molecule has 0 radical (unpaired) electrons. The Hall–Kier alpha value is -4.06. The highest BCUT2D eigenvalue weighted by molar-refractivity contribution is 6.51. The maximum absolute atomic E-state index is 13.3. The molecule has 1 saturated heterocycles. The molecule has 3 aromatic rings. The van der Waals surface area contributed by atoms with E-state index in [0.717, 1.165) is 11.1 Å². The summed E-state index contributed by atoms with van der Waals surface area (Å²) in [6.45, 7) is 8.39. The van der Waals surface area contributed by atoms with Crippen LogP contribution in [-0.2, 0) is 9.59 Å². The minimum Gasteiger partial charge on any atom is -0.508 e. The Morgan fingerprint density at radius 2 is 1.74 bits per heavy atom. The van der Waals surface area contributed by atoms with Gasteiger partial charge in [-0.2, -0.15) is 0 Å². The average molecular weight is 472 g/mol. The molecular formula is C29H29NO5. The quantitative estimate of drug-likeness (QED) is 0.268. The van der Waals surface area contributed by atoms with Crippen LogP contribution in [0.25, 0.3) is 5.76 Å². The zero-order valence-electron chi connectivity index (χ0n) is 20.3. The Morgan fingerprint density at radius 1 is 1.03 bits per heavy atom. The second kappa shape index (κ2) is 9.66. The molecule has 1 fully saturated rings. The highest BCUT2D eigenvalue weighted by Crippen LogP contribution is 2.43. The molecule has 6 nitrogen and oxygen atoms in total. The summed E-state index contributed by atoms with van der Waals surface area (Å²) in [5.74, 6) is -0.803. The Morgan fingerprint density at radius 3 is 2.34 bits per heavy atom. The number of aliphatic hydroxyl groups is 1. The molecule has 1 amide bonds. The third kappa shape index (κ3) is 4.52. The molecule has 0 spiro atoms. The lowest BCUT2D eigenvalue weighted by atomic mass is 9.94. The number of benzene rings is 3. The van der Waals surface area contributed by atoms with E-state index < -0.39 is 17.7 Å². The number of anilines is 1. The molecule has 1 heterocycles. The number of hydrogen-bond acceptors (Lipinski definition) is 5. The van der Waals surface area contributed by atoms with E-state index in [4.69, 9.17) is 4.74 Å². The summed E-state index contributed by atoms with van der Waals surface area (Å²) < 4.78 is 5.59. The molecule has 35 heavy (non-hydrogen) atoms. The van der Waals surface area contributed by atoms with Crippen LogP contribution in [0.4, 0.5) is 5.69 Å². The lowest BCUT2D eigenvalue weighted by molar-refractivity contribution is -0.132. The van der Waals surface area contributed by atoms with Crippen molar-refractivity contribution in [2.45, 2.75) is 39.7 Å². The van der Waals surface area contributed by atoms with Crippen molar-refractivity contribution in [2.75, 3.05) is 11.5 Å². The molecule has 0 aliphatic carbocycles. The fraction of sp³-hybridized carbons (Fsp3) is 0.241. The van der Waals surface area contributed by atoms with Crippen LogP contribution in [0.2, 0.25) is 0 Å². The first-order chi connectivity index (χ1) is 16.7. The van der Waals surface area contributed by atoms with Gasteiger partial charge in [0.2, 0.25) is 0 Å². The first-order valence-electron chi connectivity index (χ1n) is 11.7. The minimum atomic E-state index is -0.904. The Labute approximate surface area is 205 Å². The fourth-order valence-electron chi connectivity index (χ4n) is 4.40. The Kier molecular flexibility index (Phi) is 6.65. The second-order valence-electron chi connectivity index (χ2n) is 8.92. The van der Waals surface area contributed by atoms with Gasteiger partial charge in [0, 0.05) is 11.3 Å². The van der Waals surface area contributed by atoms with Gasteiger partial charge in [-0.3, -0.25) is 14.5 Å². The number of hydrogen-bond donors (Lipinski definition) is 2. The SMILES string of the molecule is CCOc1ccc(/C(O)=C2/C(=O)C(=O)N(c3ccc(C(C)C)cc3)C2c2cccc(O)c2)cc1C. The number of amides is 1. The number of carbonyl (C=O) groups is 2. The Balaban J connectivity index is 1.89. The van der Waals surface area contributed by atoms with Crippen molar-refractivity contribution in [3.8, 4) is 11.5 Å². The number of ether oxygens (including phenoxy) is 1. The van der Waals surface area contributed by atoms with Crippen LogP contribution in [0.1, 0.15) is 55.0 Å². The van der Waals surface area contributed by atoms with Gasteiger partial charge < -0.3 is 14.9 Å². The van der Waals surface area contributed by atoms with E-state index in [2.05, 4.69) is 13.8 Å². The van der Waals surface area contributed by atoms with E-state index in [1.165, 1.54) is 17.0 Å². The third-order valence-corrected chi connectivity index (χ3v) is 6.22. The van der Waals surface area contributed by atoms with Crippen molar-refractivity contribution in [3.05, 3.63) is 94.6 Å². The van der Waals surface area contributed by atoms with Gasteiger partial charge in [0.25, 0.3) is 11.7 Å². The molecular weight excluding hydrogens is 442 g/mol. The van der Waals surface area contributed by atoms with E-state index in [0.29, 0.717) is 35.1 Å². The summed E-state index contributed by atoms with van der Waals surface area (Å²) in [6, 6.07) is 18.1. The first-order valence-corrected chi connectivity index (χ1v) is 11.7. The fourth-order valence-corrected chi connectivity index (χ4v) is 4.40. The molecule has 3 aromatic carbocycles. The second-order valence-corrected chi connectivity index (χ2v) is 8.92. The largest absolute Gasteiger partial charge is 0.508 e. The van der Waals surface area contributed by atoms with Gasteiger partial charge in [-0.05, 0) is 78.9 Å². The first kappa shape index (κ1) is 24.1. The highest BCUT2D eigenvalue weighted by atomic mass is 16.5. The average Bonchev–Trinajstić information content (AvgIpc) is 3.10. The van der Waals surface area contributed by atoms with Gasteiger partial charge in [0.15, 0.2) is 0 Å². The number of phenols is 1. The summed E-state index contributed by atoms with van der Waals surface area (Å²) in [4.78, 5) is 28.0. The molecule has 4 rings (SSSR count). The standard InChI is InChI=1S/C29H29NO5/c1-5-35-24-14-11-21(15-18(24)4)27(32)25-26(20-7-6-8-23(31)16-20)30(29(34)28(25)33)22-12-9-19(10-13-22)17(2)3/h6-17,26,31-32H,5H2,1-4H3/b27-25-. The van der Waals surface area contributed by atoms with Crippen LogP contribution in [0, 0.1) is 6.92 Å². The molecule has 1 unspecified atom stereocenters. The number of aromatic hydroxyl groups is 1. The number of aliphatic hydroxyl groups excluding tert-OH is 1. The number of ketones is 1. The van der Waals surface area contributed by atoms with Crippen LogP contribution < -0.4 is 9.64 Å². The molecule has 0 saturated carbocycles. The lowest BCUT2D eigenvalue weighted by Gasteiger charge is -2.26. The highest BCUT2D eigenvalue weighted by Gasteiger charge is 2.47. The van der Waals surface area contributed by atoms with Crippen molar-refractivity contribution < 1.29 is 24.5 Å². The summed E-state index contributed by atoms with van der Waals surface area (Å²) in [5, 5.41) is 21.5. The molecule has 1 atom stereocenters. The molecule has 2 N–H and O–H groups in total. The number of nitrogens with zero attached hydrogens (tertiary/aromatic N) is 1. The van der Waals surface area contributed by atoms with Crippen LogP contribution >= 0.6 is 0 Å². The van der Waals surface area contributed by atoms with Crippen LogP contribution in [0.15, 0.2) is 72.3 Å². The number of phenolic OH excluding ortho intramolecular Hbond substituents is 1. The van der Waals surface area contributed by atoms with Crippen LogP contribution in [0.5, 0.6) is 11.5 Å². The summed E-state index contributed by atoms with van der Waals surface area (Å²) in [5.41, 5.74) is 3.32. The molecule has 180 valence electrons. The van der Waals surface area contributed by atoms with Crippen molar-refractivity contribution >= 4 is 23.1 Å². The van der Waals surface area contributed by atoms with Crippen LogP contribution in [0.3, 0.4) is 0 Å². The number of carbonyl (C=O) groups excluding carboxylic acids is 2. The van der Waals surface area contributed by atoms with E-state index in [1.807, 2.05) is 26.0 Å². The van der Waals surface area contributed by atoms with E-state index >= 15 is 0 Å². The monoisotopic (exact) mass is 471 g/mol. The zero-order chi connectivity index (χ0) is 25.3. The molecule has 0 aromatic heterocycles. The topological polar surface area (TPSA) is 87.1 Å². The van der Waals surface area contributed by atoms with Crippen molar-refractivity contribution in [1.82, 2.24) is 0 Å². The number of rotatable bonds is 6. The van der Waals surface area contributed by atoms with Gasteiger partial charge in [-0.15, -0.1) is 0 Å². The lowest BCUT2D eigenvalue weighted by Crippen LogP contribution is -2.29. The van der Waals surface area contributed by atoms with Gasteiger partial charge >= 0.3 is 0 Å². The van der Waals surface area contributed by atoms with Gasteiger partial charge in [0.1, 0.15) is 17.3 Å². The molecule has 6 heteroatoms. The third-order valence-electron chi connectivity index (χ3n) is 6.22. The summed E-state index contributed by atoms with van der Waals surface area (Å²) in [7, 11) is 0. The van der Waals surface area contributed by atoms with E-state index in [-0.39, 0.29) is 17.1 Å². The molecule has 0 bridgehead atoms. The predicted molar refractivity (Wildman–Crippen MR) is 136 cm³/mol. The van der Waals surface area contributed by atoms with Gasteiger partial charge in [-0.25, -0.2) is 0 Å². The maximum Gasteiger partial charge on any atom is 0.300 e. The van der Waals surface area contributed by atoms with Crippen LogP contribution in [-0.4, -0.2) is 28.5 Å². The summed E-state index contributed by atoms with van der Waals surface area (Å²) >= 11 is 0. The van der Waals surface area contributed by atoms with Gasteiger partial charge in [-0.1, -0.05) is 38.1 Å². The van der Waals surface area contributed by atoms with E-state index in [1.54, 1.807) is 42.5 Å². The normalized spacial score (nSPS) is 17.3. The molecule has 1 aliphatic heterocycles. The predicted octanol–water partition coefficient (Wildman–Crippen LogP) is 5.85. The minimum absolute atomic E-state index is 0.000144. The zero-order valence-corrected chi connectivity index (χ0v) is 20.3. The van der Waals surface area contributed by atoms with E-state index in [9.17, 15) is 19.8 Å². The van der Waals surface area contributed by atoms with Crippen molar-refractivity contribution in [1.29, 1.82) is 0 Å². The maximum atomic E-state index is 13.3. The summed E-state index contributed by atoms with van der Waals surface area (Å²) in [6.07, 6.45) is 0. The smallest absolute Gasteiger partial charge is 0.300 e.